The monoisotopic (exact) mass is 249 g/mol. The van der Waals surface area contributed by atoms with Crippen LogP contribution in [0.5, 0.6) is 0 Å². The highest BCUT2D eigenvalue weighted by atomic mass is 16.2. The van der Waals surface area contributed by atoms with E-state index in [-0.39, 0.29) is 11.3 Å². The molecule has 1 aliphatic heterocycles. The predicted octanol–water partition coefficient (Wildman–Crippen LogP) is 1.28. The van der Waals surface area contributed by atoms with E-state index in [1.54, 1.807) is 0 Å². The van der Waals surface area contributed by atoms with Gasteiger partial charge in [0.15, 0.2) is 0 Å². The number of hydrogen-bond acceptors (Lipinski definition) is 2. The first-order valence-electron chi connectivity index (χ1n) is 6.65. The van der Waals surface area contributed by atoms with Crippen LogP contribution in [0.4, 0.5) is 0 Å². The zero-order chi connectivity index (χ0) is 13.2. The SMILES string of the molecule is CC(C)C1(C(=O)NCc2cccn2C)CCNC1. The number of nitrogens with one attached hydrogen (secondary N) is 2. The molecule has 0 radical (unpaired) electrons. The minimum absolute atomic E-state index is 0.184. The number of rotatable bonds is 4. The summed E-state index contributed by atoms with van der Waals surface area (Å²) in [6.45, 7) is 6.61. The largest absolute Gasteiger partial charge is 0.353 e. The molecule has 1 amide bonds. The van der Waals surface area contributed by atoms with Gasteiger partial charge in [-0.2, -0.15) is 0 Å². The number of nitrogens with zero attached hydrogens (tertiary/aromatic N) is 1. The molecule has 18 heavy (non-hydrogen) atoms. The molecule has 0 saturated carbocycles. The summed E-state index contributed by atoms with van der Waals surface area (Å²) in [5.41, 5.74) is 0.902. The first-order valence-corrected chi connectivity index (χ1v) is 6.65. The summed E-state index contributed by atoms with van der Waals surface area (Å²) in [6.07, 6.45) is 2.93. The standard InChI is InChI=1S/C14H23N3O/c1-11(2)14(6-7-15-10-14)13(18)16-9-12-5-4-8-17(12)3/h4-5,8,11,15H,6-7,9-10H2,1-3H3,(H,16,18). The zero-order valence-corrected chi connectivity index (χ0v) is 11.5. The van der Waals surface area contributed by atoms with Gasteiger partial charge in [-0.05, 0) is 31.0 Å². The van der Waals surface area contributed by atoms with Gasteiger partial charge in [0.25, 0.3) is 0 Å². The van der Waals surface area contributed by atoms with E-state index in [0.29, 0.717) is 12.5 Å². The molecule has 4 nitrogen and oxygen atoms in total. The van der Waals surface area contributed by atoms with Gasteiger partial charge in [-0.1, -0.05) is 13.8 Å². The van der Waals surface area contributed by atoms with E-state index in [1.165, 1.54) is 0 Å². The maximum absolute atomic E-state index is 12.5. The lowest BCUT2D eigenvalue weighted by Gasteiger charge is -2.31. The van der Waals surface area contributed by atoms with E-state index >= 15 is 0 Å². The van der Waals surface area contributed by atoms with Gasteiger partial charge < -0.3 is 15.2 Å². The van der Waals surface area contributed by atoms with Crippen molar-refractivity contribution in [3.05, 3.63) is 24.0 Å². The molecule has 0 aromatic carbocycles. The number of aromatic nitrogens is 1. The molecule has 4 heteroatoms. The molecule has 1 aliphatic rings. The Labute approximate surface area is 109 Å². The fraction of sp³-hybridized carbons (Fsp3) is 0.643. The third kappa shape index (κ3) is 2.29. The van der Waals surface area contributed by atoms with Gasteiger partial charge in [-0.3, -0.25) is 4.79 Å². The molecular weight excluding hydrogens is 226 g/mol. The van der Waals surface area contributed by atoms with E-state index in [9.17, 15) is 4.79 Å². The van der Waals surface area contributed by atoms with Gasteiger partial charge in [0.1, 0.15) is 0 Å². The van der Waals surface area contributed by atoms with Crippen LogP contribution < -0.4 is 10.6 Å². The van der Waals surface area contributed by atoms with E-state index in [1.807, 2.05) is 29.9 Å². The van der Waals surface area contributed by atoms with Crippen LogP contribution in [-0.2, 0) is 18.4 Å². The highest BCUT2D eigenvalue weighted by molar-refractivity contribution is 5.83. The van der Waals surface area contributed by atoms with Crippen LogP contribution in [0.25, 0.3) is 0 Å². The normalized spacial score (nSPS) is 23.6. The van der Waals surface area contributed by atoms with Gasteiger partial charge >= 0.3 is 0 Å². The molecule has 1 aromatic rings. The molecule has 0 bridgehead atoms. The van der Waals surface area contributed by atoms with Crippen LogP contribution in [-0.4, -0.2) is 23.6 Å². The molecule has 100 valence electrons. The van der Waals surface area contributed by atoms with Crippen LogP contribution in [0, 0.1) is 11.3 Å². The smallest absolute Gasteiger partial charge is 0.228 e. The minimum atomic E-state index is -0.231. The molecule has 1 atom stereocenters. The Hall–Kier alpha value is -1.29. The van der Waals surface area contributed by atoms with Crippen LogP contribution in [0.3, 0.4) is 0 Å². The Morgan fingerprint density at radius 3 is 2.89 bits per heavy atom. The summed E-state index contributed by atoms with van der Waals surface area (Å²) in [4.78, 5) is 12.5. The van der Waals surface area contributed by atoms with Crippen molar-refractivity contribution in [2.24, 2.45) is 18.4 Å². The third-order valence-corrected chi connectivity index (χ3v) is 4.23. The van der Waals surface area contributed by atoms with Gasteiger partial charge in [0.05, 0.1) is 12.0 Å². The van der Waals surface area contributed by atoms with Crippen LogP contribution >= 0.6 is 0 Å². The average molecular weight is 249 g/mol. The second-order valence-electron chi connectivity index (χ2n) is 5.53. The lowest BCUT2D eigenvalue weighted by molar-refractivity contribution is -0.132. The van der Waals surface area contributed by atoms with E-state index in [0.717, 1.165) is 25.2 Å². The Morgan fingerprint density at radius 2 is 2.39 bits per heavy atom. The number of carbonyl (C=O) groups excluding carboxylic acids is 1. The van der Waals surface area contributed by atoms with Crippen molar-refractivity contribution in [3.8, 4) is 0 Å². The summed E-state index contributed by atoms with van der Waals surface area (Å²) in [7, 11) is 2.00. The summed E-state index contributed by atoms with van der Waals surface area (Å²) < 4.78 is 2.04. The minimum Gasteiger partial charge on any atom is -0.353 e. The molecule has 2 rings (SSSR count). The number of hydrogen-bond donors (Lipinski definition) is 2. The highest BCUT2D eigenvalue weighted by Gasteiger charge is 2.43. The van der Waals surface area contributed by atoms with Crippen molar-refractivity contribution >= 4 is 5.91 Å². The Morgan fingerprint density at radius 1 is 1.61 bits per heavy atom. The van der Waals surface area contributed by atoms with Crippen molar-refractivity contribution in [3.63, 3.8) is 0 Å². The van der Waals surface area contributed by atoms with E-state index in [2.05, 4.69) is 24.5 Å². The number of carbonyl (C=O) groups is 1. The number of aryl methyl sites for hydroxylation is 1. The van der Waals surface area contributed by atoms with Crippen LogP contribution in [0.2, 0.25) is 0 Å². The molecule has 2 heterocycles. The molecular formula is C14H23N3O. The number of amides is 1. The Bertz CT molecular complexity index is 416. The summed E-state index contributed by atoms with van der Waals surface area (Å²) in [6, 6.07) is 4.03. The predicted molar refractivity (Wildman–Crippen MR) is 72.0 cm³/mol. The highest BCUT2D eigenvalue weighted by Crippen LogP contribution is 2.34. The zero-order valence-electron chi connectivity index (χ0n) is 11.5. The quantitative estimate of drug-likeness (QED) is 0.844. The Kier molecular flexibility index (Phi) is 3.76. The van der Waals surface area contributed by atoms with E-state index < -0.39 is 0 Å². The first kappa shape index (κ1) is 13.1. The van der Waals surface area contributed by atoms with Gasteiger partial charge in [0, 0.05) is 25.5 Å². The average Bonchev–Trinajstić information content (AvgIpc) is 2.95. The van der Waals surface area contributed by atoms with Crippen LogP contribution in [0.15, 0.2) is 18.3 Å². The van der Waals surface area contributed by atoms with Crippen molar-refractivity contribution in [2.45, 2.75) is 26.8 Å². The topological polar surface area (TPSA) is 46.1 Å². The molecule has 1 unspecified atom stereocenters. The molecule has 1 saturated heterocycles. The van der Waals surface area contributed by atoms with Gasteiger partial charge in [0.2, 0.25) is 5.91 Å². The lowest BCUT2D eigenvalue weighted by atomic mass is 9.75. The summed E-state index contributed by atoms with van der Waals surface area (Å²) in [5.74, 6) is 0.546. The third-order valence-electron chi connectivity index (χ3n) is 4.23. The second kappa shape index (κ2) is 5.14. The first-order chi connectivity index (χ1) is 8.56. The fourth-order valence-corrected chi connectivity index (χ4v) is 2.69. The van der Waals surface area contributed by atoms with Crippen molar-refractivity contribution in [1.29, 1.82) is 0 Å². The second-order valence-corrected chi connectivity index (χ2v) is 5.53. The molecule has 0 aliphatic carbocycles. The fourth-order valence-electron chi connectivity index (χ4n) is 2.69. The van der Waals surface area contributed by atoms with Gasteiger partial charge in [-0.15, -0.1) is 0 Å². The maximum atomic E-state index is 12.5. The van der Waals surface area contributed by atoms with Crippen molar-refractivity contribution in [1.82, 2.24) is 15.2 Å². The maximum Gasteiger partial charge on any atom is 0.228 e. The summed E-state index contributed by atoms with van der Waals surface area (Å²) >= 11 is 0. The molecule has 0 spiro atoms. The van der Waals surface area contributed by atoms with Gasteiger partial charge in [-0.25, -0.2) is 0 Å². The molecule has 2 N–H and O–H groups in total. The van der Waals surface area contributed by atoms with E-state index in [4.69, 9.17) is 0 Å². The van der Waals surface area contributed by atoms with Crippen molar-refractivity contribution < 1.29 is 4.79 Å². The van der Waals surface area contributed by atoms with Crippen LogP contribution in [0.1, 0.15) is 26.0 Å². The van der Waals surface area contributed by atoms with Crippen molar-refractivity contribution in [2.75, 3.05) is 13.1 Å². The molecule has 1 fully saturated rings. The lowest BCUT2D eigenvalue weighted by Crippen LogP contribution is -2.45. The Balaban J connectivity index is 2.00. The summed E-state index contributed by atoms with van der Waals surface area (Å²) in [5, 5.41) is 6.40. The molecule has 1 aromatic heterocycles.